The van der Waals surface area contributed by atoms with E-state index in [1.807, 2.05) is 6.92 Å². The van der Waals surface area contributed by atoms with Crippen LogP contribution in [0.25, 0.3) is 0 Å². The molecule has 2 heterocycles. The quantitative estimate of drug-likeness (QED) is 0.672. The molecule has 0 amide bonds. The van der Waals surface area contributed by atoms with E-state index < -0.39 is 0 Å². The third-order valence-corrected chi connectivity index (χ3v) is 2.61. The first-order valence-electron chi connectivity index (χ1n) is 5.77. The molecule has 0 aromatic carbocycles. The standard InChI is InChI=1S/C12H17N4/c1-8(2)5-4-6-10-11-12(14-7-13-11)16-9(3)15-10/h7-8H,4-6H2,1-3H3/q+1. The van der Waals surface area contributed by atoms with E-state index in [0.29, 0.717) is 0 Å². The topological polar surface area (TPSA) is 52.2 Å². The minimum Gasteiger partial charge on any atom is -0.228 e. The molecule has 16 heavy (non-hydrogen) atoms. The molecular weight excluding hydrogens is 200 g/mol. The van der Waals surface area contributed by atoms with Gasteiger partial charge >= 0.3 is 11.8 Å². The summed E-state index contributed by atoms with van der Waals surface area (Å²) in [5, 5.41) is 0.870. The first-order valence-corrected chi connectivity index (χ1v) is 5.77. The Balaban J connectivity index is 2.21. The second-order valence-corrected chi connectivity index (χ2v) is 4.55. The minimum absolute atomic E-state index is 0.729. The summed E-state index contributed by atoms with van der Waals surface area (Å²) in [6, 6.07) is 0. The van der Waals surface area contributed by atoms with E-state index >= 15 is 0 Å². The molecule has 2 rings (SSSR count). The molecule has 0 fully saturated rings. The maximum atomic E-state index is 4.46. The molecule has 0 N–H and O–H groups in total. The van der Waals surface area contributed by atoms with E-state index in [-0.39, 0.29) is 0 Å². The van der Waals surface area contributed by atoms with Crippen molar-refractivity contribution >= 4 is 6.34 Å². The van der Waals surface area contributed by atoms with Crippen LogP contribution >= 0.6 is 0 Å². The summed E-state index contributed by atoms with van der Waals surface area (Å²) in [6.07, 6.45) is 4.90. The maximum Gasteiger partial charge on any atom is 0.395 e. The van der Waals surface area contributed by atoms with Crippen LogP contribution in [0.15, 0.2) is 4.99 Å². The number of hydrogen-bond acceptors (Lipinski definition) is 3. The lowest BCUT2D eigenvalue weighted by Crippen LogP contribution is -2.34. The molecule has 1 aliphatic heterocycles. The first-order chi connectivity index (χ1) is 7.66. The normalized spacial score (nSPS) is 12.5. The maximum absolute atomic E-state index is 4.46. The lowest BCUT2D eigenvalue weighted by molar-refractivity contribution is 0.551. The fourth-order valence-electron chi connectivity index (χ4n) is 1.82. The summed E-state index contributed by atoms with van der Waals surface area (Å²) >= 11 is 0. The molecule has 0 aliphatic carbocycles. The van der Waals surface area contributed by atoms with Gasteiger partial charge in [-0.2, -0.15) is 0 Å². The Morgan fingerprint density at radius 1 is 1.31 bits per heavy atom. The summed E-state index contributed by atoms with van der Waals surface area (Å²) in [4.78, 5) is 12.9. The van der Waals surface area contributed by atoms with E-state index in [0.717, 1.165) is 41.1 Å². The number of nitrogens with zero attached hydrogens (tertiary/aromatic N) is 4. The number of rotatable bonds is 4. The van der Waals surface area contributed by atoms with Crippen LogP contribution < -0.4 is 15.5 Å². The van der Waals surface area contributed by atoms with Gasteiger partial charge in [0, 0.05) is 6.92 Å². The number of hydrogen-bond donors (Lipinski definition) is 0. The Bertz CT molecular complexity index is 539. The van der Waals surface area contributed by atoms with Crippen LogP contribution in [0.4, 0.5) is 0 Å². The minimum atomic E-state index is 0.729. The highest BCUT2D eigenvalue weighted by atomic mass is 15.0. The van der Waals surface area contributed by atoms with Crippen molar-refractivity contribution in [3.05, 3.63) is 22.4 Å². The Labute approximate surface area is 94.9 Å². The van der Waals surface area contributed by atoms with Crippen LogP contribution in [0, 0.1) is 12.8 Å². The fourth-order valence-corrected chi connectivity index (χ4v) is 1.82. The SMILES string of the molecule is Cc1nc(CCCC(C)C)c2c(n1)=[N+]=CN=2. The number of aryl methyl sites for hydroxylation is 2. The molecule has 0 bridgehead atoms. The number of aromatic nitrogens is 2. The molecule has 0 unspecified atom stereocenters. The largest absolute Gasteiger partial charge is 0.395 e. The third-order valence-electron chi connectivity index (χ3n) is 2.61. The molecule has 0 saturated heterocycles. The monoisotopic (exact) mass is 217 g/mol. The van der Waals surface area contributed by atoms with Crippen molar-refractivity contribution in [3.63, 3.8) is 0 Å². The third kappa shape index (κ3) is 2.34. The zero-order valence-corrected chi connectivity index (χ0v) is 10.1. The van der Waals surface area contributed by atoms with Crippen molar-refractivity contribution < 1.29 is 0 Å². The second kappa shape index (κ2) is 4.54. The Kier molecular flexibility index (Phi) is 3.11. The predicted octanol–water partition coefficient (Wildman–Crippen LogP) is 0.112. The molecule has 0 spiro atoms. The molecule has 1 aromatic rings. The molecule has 4 nitrogen and oxygen atoms in total. The summed E-state index contributed by atoms with van der Waals surface area (Å²) in [7, 11) is 0. The lowest BCUT2D eigenvalue weighted by atomic mass is 10.1. The zero-order valence-electron chi connectivity index (χ0n) is 10.1. The van der Waals surface area contributed by atoms with Gasteiger partial charge in [0.1, 0.15) is 0 Å². The molecule has 0 saturated carbocycles. The Morgan fingerprint density at radius 3 is 2.88 bits per heavy atom. The highest BCUT2D eigenvalue weighted by molar-refractivity contribution is 5.54. The van der Waals surface area contributed by atoms with E-state index in [9.17, 15) is 0 Å². The highest BCUT2D eigenvalue weighted by Gasteiger charge is 2.14. The van der Waals surface area contributed by atoms with Gasteiger partial charge in [-0.3, -0.25) is 0 Å². The van der Waals surface area contributed by atoms with Gasteiger partial charge in [-0.1, -0.05) is 30.2 Å². The van der Waals surface area contributed by atoms with Gasteiger partial charge in [0.2, 0.25) is 5.82 Å². The lowest BCUT2D eigenvalue weighted by Gasteiger charge is -2.02. The summed E-state index contributed by atoms with van der Waals surface area (Å²) in [5.74, 6) is 1.52. The highest BCUT2D eigenvalue weighted by Crippen LogP contribution is 2.05. The van der Waals surface area contributed by atoms with Crippen molar-refractivity contribution in [2.24, 2.45) is 10.9 Å². The summed E-state index contributed by atoms with van der Waals surface area (Å²) < 4.78 is 4.12. The number of fused-ring (bicyclic) bond motifs is 1. The average Bonchev–Trinajstić information content (AvgIpc) is 2.64. The van der Waals surface area contributed by atoms with Crippen LogP contribution in [-0.4, -0.2) is 16.3 Å². The van der Waals surface area contributed by atoms with Crippen molar-refractivity contribution in [2.45, 2.75) is 40.0 Å². The van der Waals surface area contributed by atoms with Gasteiger partial charge in [0.05, 0.1) is 5.69 Å². The Hall–Kier alpha value is -1.54. The van der Waals surface area contributed by atoms with Gasteiger partial charge in [0.25, 0.3) is 5.36 Å². The van der Waals surface area contributed by atoms with Crippen LogP contribution in [0.3, 0.4) is 0 Å². The average molecular weight is 217 g/mol. The molecule has 0 atom stereocenters. The van der Waals surface area contributed by atoms with Gasteiger partial charge < -0.3 is 0 Å². The van der Waals surface area contributed by atoms with Gasteiger partial charge in [-0.05, 0) is 18.8 Å². The van der Waals surface area contributed by atoms with Crippen LogP contribution in [-0.2, 0) is 6.42 Å². The first kappa shape index (κ1) is 11.0. The van der Waals surface area contributed by atoms with Crippen LogP contribution in [0.1, 0.15) is 38.2 Å². The van der Waals surface area contributed by atoms with E-state index in [1.165, 1.54) is 6.42 Å². The van der Waals surface area contributed by atoms with E-state index in [1.54, 1.807) is 6.34 Å². The van der Waals surface area contributed by atoms with Crippen LogP contribution in [0.5, 0.6) is 0 Å². The molecule has 4 heteroatoms. The van der Waals surface area contributed by atoms with Crippen molar-refractivity contribution in [3.8, 4) is 0 Å². The Morgan fingerprint density at radius 2 is 2.12 bits per heavy atom. The predicted molar refractivity (Wildman–Crippen MR) is 62.6 cm³/mol. The second-order valence-electron chi connectivity index (χ2n) is 4.55. The van der Waals surface area contributed by atoms with Gasteiger partial charge in [0.15, 0.2) is 0 Å². The fraction of sp³-hybridized carbons (Fsp3) is 0.583. The van der Waals surface area contributed by atoms with Crippen LogP contribution in [0.2, 0.25) is 0 Å². The van der Waals surface area contributed by atoms with Gasteiger partial charge in [-0.15, -0.1) is 0 Å². The van der Waals surface area contributed by atoms with Crippen molar-refractivity contribution in [2.75, 3.05) is 0 Å². The smallest absolute Gasteiger partial charge is 0.228 e. The van der Waals surface area contributed by atoms with E-state index in [2.05, 4.69) is 33.5 Å². The molecule has 1 aromatic heterocycles. The summed E-state index contributed by atoms with van der Waals surface area (Å²) in [5.41, 5.74) is 1.77. The molecular formula is C12H17N4+. The van der Waals surface area contributed by atoms with Crippen molar-refractivity contribution in [1.29, 1.82) is 0 Å². The molecule has 0 radical (unpaired) electrons. The van der Waals surface area contributed by atoms with Crippen molar-refractivity contribution in [1.82, 2.24) is 14.6 Å². The molecule has 84 valence electrons. The molecule has 1 aliphatic rings. The zero-order chi connectivity index (χ0) is 11.5. The van der Waals surface area contributed by atoms with E-state index in [4.69, 9.17) is 0 Å². The summed E-state index contributed by atoms with van der Waals surface area (Å²) in [6.45, 7) is 6.38. The van der Waals surface area contributed by atoms with Gasteiger partial charge in [-0.25, -0.2) is 9.65 Å².